The second kappa shape index (κ2) is 4.73. The van der Waals surface area contributed by atoms with Crippen LogP contribution in [0.2, 0.25) is 5.02 Å². The van der Waals surface area contributed by atoms with Crippen molar-refractivity contribution in [2.75, 3.05) is 0 Å². The zero-order valence-corrected chi connectivity index (χ0v) is 9.74. The summed E-state index contributed by atoms with van der Waals surface area (Å²) in [5, 5.41) is 9.93. The van der Waals surface area contributed by atoms with Gasteiger partial charge in [-0.1, -0.05) is 23.7 Å². The maximum Gasteiger partial charge on any atom is 0.134 e. The van der Waals surface area contributed by atoms with Crippen LogP contribution in [0.15, 0.2) is 40.8 Å². The molecule has 0 bridgehead atoms. The monoisotopic (exact) mass is 236 g/mol. The number of rotatable bonds is 3. The van der Waals surface area contributed by atoms with E-state index in [1.54, 1.807) is 6.92 Å². The van der Waals surface area contributed by atoms with Gasteiger partial charge in [-0.25, -0.2) is 0 Å². The van der Waals surface area contributed by atoms with Crippen LogP contribution in [0.3, 0.4) is 0 Å². The Balaban J connectivity index is 2.24. The third kappa shape index (κ3) is 2.65. The Hall–Kier alpha value is -1.25. The largest absolute Gasteiger partial charge is 0.461 e. The first-order valence-corrected chi connectivity index (χ1v) is 5.55. The van der Waals surface area contributed by atoms with Crippen LogP contribution in [0, 0.1) is 0 Å². The minimum Gasteiger partial charge on any atom is -0.461 e. The van der Waals surface area contributed by atoms with Crippen LogP contribution in [0.4, 0.5) is 0 Å². The van der Waals surface area contributed by atoms with Crippen molar-refractivity contribution in [3.63, 3.8) is 0 Å². The summed E-state index contributed by atoms with van der Waals surface area (Å²) in [4.78, 5) is 0. The van der Waals surface area contributed by atoms with Gasteiger partial charge in [-0.3, -0.25) is 0 Å². The maximum atomic E-state index is 9.25. The standard InChI is InChI=1S/C13H13ClO2/c1-9(15)7-12-5-6-13(16-12)10-3-2-4-11(14)8-10/h2-6,8-9,15H,7H2,1H3. The average molecular weight is 237 g/mol. The summed E-state index contributed by atoms with van der Waals surface area (Å²) in [6, 6.07) is 11.3. The van der Waals surface area contributed by atoms with Gasteiger partial charge in [0, 0.05) is 17.0 Å². The Bertz CT molecular complexity index is 474. The van der Waals surface area contributed by atoms with Gasteiger partial charge < -0.3 is 9.52 Å². The van der Waals surface area contributed by atoms with E-state index in [0.29, 0.717) is 11.4 Å². The number of halogens is 1. The lowest BCUT2D eigenvalue weighted by Gasteiger charge is -2.00. The fraction of sp³-hybridized carbons (Fsp3) is 0.231. The predicted octanol–water partition coefficient (Wildman–Crippen LogP) is 3.52. The molecule has 1 unspecified atom stereocenters. The highest BCUT2D eigenvalue weighted by molar-refractivity contribution is 6.30. The molecule has 1 aromatic heterocycles. The Morgan fingerprint density at radius 2 is 2.12 bits per heavy atom. The van der Waals surface area contributed by atoms with E-state index >= 15 is 0 Å². The molecule has 0 radical (unpaired) electrons. The third-order valence-electron chi connectivity index (χ3n) is 2.27. The molecule has 0 amide bonds. The van der Waals surface area contributed by atoms with E-state index < -0.39 is 6.10 Å². The quantitative estimate of drug-likeness (QED) is 0.885. The van der Waals surface area contributed by atoms with Gasteiger partial charge in [0.05, 0.1) is 6.10 Å². The molecule has 0 aliphatic rings. The van der Waals surface area contributed by atoms with Gasteiger partial charge in [0.1, 0.15) is 11.5 Å². The molecule has 2 nitrogen and oxygen atoms in total. The summed E-state index contributed by atoms with van der Waals surface area (Å²) in [7, 11) is 0. The summed E-state index contributed by atoms with van der Waals surface area (Å²) in [5.74, 6) is 1.56. The van der Waals surface area contributed by atoms with Gasteiger partial charge >= 0.3 is 0 Å². The molecular weight excluding hydrogens is 224 g/mol. The minimum atomic E-state index is -0.390. The molecule has 1 N–H and O–H groups in total. The van der Waals surface area contributed by atoms with Gasteiger partial charge in [-0.2, -0.15) is 0 Å². The molecule has 2 aromatic rings. The summed E-state index contributed by atoms with van der Waals surface area (Å²) in [6.07, 6.45) is 0.138. The van der Waals surface area contributed by atoms with Gasteiger partial charge in [0.2, 0.25) is 0 Å². The molecule has 0 aliphatic heterocycles. The molecule has 0 saturated heterocycles. The van der Waals surface area contributed by atoms with Crippen molar-refractivity contribution in [3.05, 3.63) is 47.2 Å². The number of furan rings is 1. The number of aliphatic hydroxyl groups is 1. The smallest absolute Gasteiger partial charge is 0.134 e. The third-order valence-corrected chi connectivity index (χ3v) is 2.50. The van der Waals surface area contributed by atoms with Crippen molar-refractivity contribution in [3.8, 4) is 11.3 Å². The van der Waals surface area contributed by atoms with E-state index in [0.717, 1.165) is 17.1 Å². The van der Waals surface area contributed by atoms with Crippen LogP contribution in [0.1, 0.15) is 12.7 Å². The van der Waals surface area contributed by atoms with Crippen LogP contribution >= 0.6 is 11.6 Å². The Kier molecular flexibility index (Phi) is 3.32. The number of hydrogen-bond acceptors (Lipinski definition) is 2. The van der Waals surface area contributed by atoms with Gasteiger partial charge in [-0.05, 0) is 31.2 Å². The maximum absolute atomic E-state index is 9.25. The van der Waals surface area contributed by atoms with Crippen molar-refractivity contribution in [1.29, 1.82) is 0 Å². The van der Waals surface area contributed by atoms with E-state index in [1.807, 2.05) is 36.4 Å². The second-order valence-corrected chi connectivity index (χ2v) is 4.27. The Morgan fingerprint density at radius 1 is 1.31 bits per heavy atom. The van der Waals surface area contributed by atoms with Gasteiger partial charge in [0.25, 0.3) is 0 Å². The van der Waals surface area contributed by atoms with Crippen molar-refractivity contribution >= 4 is 11.6 Å². The molecule has 1 atom stereocenters. The molecule has 16 heavy (non-hydrogen) atoms. The normalized spacial score (nSPS) is 12.7. The van der Waals surface area contributed by atoms with Crippen LogP contribution in [0.25, 0.3) is 11.3 Å². The SMILES string of the molecule is CC(O)Cc1ccc(-c2cccc(Cl)c2)o1. The van der Waals surface area contributed by atoms with Gasteiger partial charge in [0.15, 0.2) is 0 Å². The Labute approximate surface area is 99.5 Å². The lowest BCUT2D eigenvalue weighted by molar-refractivity contribution is 0.187. The van der Waals surface area contributed by atoms with Crippen LogP contribution in [-0.4, -0.2) is 11.2 Å². The molecule has 1 heterocycles. The van der Waals surface area contributed by atoms with Crippen molar-refractivity contribution < 1.29 is 9.52 Å². The number of hydrogen-bond donors (Lipinski definition) is 1. The highest BCUT2D eigenvalue weighted by Crippen LogP contribution is 2.25. The highest BCUT2D eigenvalue weighted by atomic mass is 35.5. The van der Waals surface area contributed by atoms with Gasteiger partial charge in [-0.15, -0.1) is 0 Å². The van der Waals surface area contributed by atoms with E-state index in [4.69, 9.17) is 16.0 Å². The van der Waals surface area contributed by atoms with Crippen molar-refractivity contribution in [2.45, 2.75) is 19.4 Å². The molecule has 2 rings (SSSR count). The summed E-state index contributed by atoms with van der Waals surface area (Å²) in [6.45, 7) is 1.74. The van der Waals surface area contributed by atoms with E-state index in [2.05, 4.69) is 0 Å². The first kappa shape index (κ1) is 11.2. The van der Waals surface area contributed by atoms with Crippen LogP contribution in [0.5, 0.6) is 0 Å². The summed E-state index contributed by atoms with van der Waals surface area (Å²) in [5.41, 5.74) is 0.948. The fourth-order valence-electron chi connectivity index (χ4n) is 1.58. The van der Waals surface area contributed by atoms with E-state index in [-0.39, 0.29) is 0 Å². The van der Waals surface area contributed by atoms with Crippen molar-refractivity contribution in [1.82, 2.24) is 0 Å². The van der Waals surface area contributed by atoms with E-state index in [9.17, 15) is 5.11 Å². The minimum absolute atomic E-state index is 0.390. The molecule has 0 aliphatic carbocycles. The number of benzene rings is 1. The molecule has 0 fully saturated rings. The first-order valence-electron chi connectivity index (χ1n) is 5.18. The highest BCUT2D eigenvalue weighted by Gasteiger charge is 2.07. The van der Waals surface area contributed by atoms with E-state index in [1.165, 1.54) is 0 Å². The second-order valence-electron chi connectivity index (χ2n) is 3.83. The van der Waals surface area contributed by atoms with Crippen LogP contribution in [-0.2, 0) is 6.42 Å². The molecular formula is C13H13ClO2. The molecule has 0 spiro atoms. The Morgan fingerprint density at radius 3 is 2.81 bits per heavy atom. The lowest BCUT2D eigenvalue weighted by atomic mass is 10.2. The zero-order chi connectivity index (χ0) is 11.5. The zero-order valence-electron chi connectivity index (χ0n) is 8.98. The summed E-state index contributed by atoms with van der Waals surface area (Å²) < 4.78 is 5.62. The molecule has 3 heteroatoms. The lowest BCUT2D eigenvalue weighted by Crippen LogP contribution is -2.02. The molecule has 1 aromatic carbocycles. The summed E-state index contributed by atoms with van der Waals surface area (Å²) >= 11 is 5.90. The molecule has 0 saturated carbocycles. The van der Waals surface area contributed by atoms with Crippen molar-refractivity contribution in [2.24, 2.45) is 0 Å². The molecule has 84 valence electrons. The fourth-order valence-corrected chi connectivity index (χ4v) is 1.77. The average Bonchev–Trinajstić information content (AvgIpc) is 2.65. The predicted molar refractivity (Wildman–Crippen MR) is 64.5 cm³/mol. The first-order chi connectivity index (χ1) is 7.65. The topological polar surface area (TPSA) is 33.4 Å². The van der Waals surface area contributed by atoms with Crippen LogP contribution < -0.4 is 0 Å². The number of aliphatic hydroxyl groups excluding tert-OH is 1.